The van der Waals surface area contributed by atoms with Crippen LogP contribution in [0.25, 0.3) is 0 Å². The minimum atomic E-state index is 0.482. The lowest BCUT2D eigenvalue weighted by atomic mass is 10.2. The summed E-state index contributed by atoms with van der Waals surface area (Å²) in [7, 11) is 0. The van der Waals surface area contributed by atoms with Crippen molar-refractivity contribution in [2.75, 3.05) is 11.9 Å². The Balaban J connectivity index is 2.09. The molecular weight excluding hydrogens is 262 g/mol. The van der Waals surface area contributed by atoms with Gasteiger partial charge < -0.3 is 10.1 Å². The van der Waals surface area contributed by atoms with Gasteiger partial charge in [0.15, 0.2) is 0 Å². The molecule has 0 saturated carbocycles. The van der Waals surface area contributed by atoms with Crippen molar-refractivity contribution < 1.29 is 4.74 Å². The van der Waals surface area contributed by atoms with E-state index >= 15 is 0 Å². The van der Waals surface area contributed by atoms with E-state index in [1.54, 1.807) is 12.3 Å². The maximum absolute atomic E-state index is 5.81. The normalized spacial score (nSPS) is 10.2. The van der Waals surface area contributed by atoms with Crippen molar-refractivity contribution in [1.82, 2.24) is 9.97 Å². The second-order valence-electron chi connectivity index (χ2n) is 4.03. The zero-order valence-electron chi connectivity index (χ0n) is 10.8. The van der Waals surface area contributed by atoms with Gasteiger partial charge in [0.1, 0.15) is 0 Å². The van der Waals surface area contributed by atoms with Gasteiger partial charge in [0, 0.05) is 23.8 Å². The van der Waals surface area contributed by atoms with Crippen LogP contribution in [-0.4, -0.2) is 16.6 Å². The summed E-state index contributed by atoms with van der Waals surface area (Å²) in [5.41, 5.74) is 1.95. The molecule has 5 heteroatoms. The van der Waals surface area contributed by atoms with Gasteiger partial charge in [-0.1, -0.05) is 19.1 Å². The zero-order valence-corrected chi connectivity index (χ0v) is 11.5. The molecule has 2 aromatic rings. The van der Waals surface area contributed by atoms with Gasteiger partial charge >= 0.3 is 0 Å². The Morgan fingerprint density at radius 1 is 1.32 bits per heavy atom. The largest absolute Gasteiger partial charge is 0.478 e. The molecule has 4 nitrogen and oxygen atoms in total. The SMILES string of the molecule is CCCOc1ccnc(Nc2cccc(CCl)c2)n1. The van der Waals surface area contributed by atoms with Crippen LogP contribution in [0.2, 0.25) is 0 Å². The van der Waals surface area contributed by atoms with Crippen molar-refractivity contribution in [3.05, 3.63) is 42.1 Å². The fraction of sp³-hybridized carbons (Fsp3) is 0.286. The Kier molecular flexibility index (Phi) is 4.98. The van der Waals surface area contributed by atoms with Gasteiger partial charge in [-0.15, -0.1) is 11.6 Å². The molecule has 0 saturated heterocycles. The first-order valence-electron chi connectivity index (χ1n) is 6.19. The van der Waals surface area contributed by atoms with E-state index in [0.717, 1.165) is 17.7 Å². The van der Waals surface area contributed by atoms with Crippen molar-refractivity contribution in [3.63, 3.8) is 0 Å². The van der Waals surface area contributed by atoms with Gasteiger partial charge in [-0.3, -0.25) is 0 Å². The fourth-order valence-electron chi connectivity index (χ4n) is 1.55. The summed E-state index contributed by atoms with van der Waals surface area (Å²) in [4.78, 5) is 8.45. The van der Waals surface area contributed by atoms with Crippen LogP contribution in [0.1, 0.15) is 18.9 Å². The van der Waals surface area contributed by atoms with Crippen LogP contribution < -0.4 is 10.1 Å². The van der Waals surface area contributed by atoms with E-state index in [4.69, 9.17) is 16.3 Å². The monoisotopic (exact) mass is 277 g/mol. The molecule has 1 heterocycles. The second kappa shape index (κ2) is 6.95. The highest BCUT2D eigenvalue weighted by molar-refractivity contribution is 6.17. The van der Waals surface area contributed by atoms with Crippen molar-refractivity contribution in [1.29, 1.82) is 0 Å². The Morgan fingerprint density at radius 3 is 3.00 bits per heavy atom. The van der Waals surface area contributed by atoms with E-state index < -0.39 is 0 Å². The topological polar surface area (TPSA) is 47.0 Å². The molecule has 1 N–H and O–H groups in total. The van der Waals surface area contributed by atoms with E-state index in [1.165, 1.54) is 0 Å². The Morgan fingerprint density at radius 2 is 2.21 bits per heavy atom. The first kappa shape index (κ1) is 13.6. The van der Waals surface area contributed by atoms with E-state index in [-0.39, 0.29) is 0 Å². The molecule has 100 valence electrons. The molecule has 0 atom stereocenters. The lowest BCUT2D eigenvalue weighted by Crippen LogP contribution is -2.01. The van der Waals surface area contributed by atoms with Gasteiger partial charge in [-0.2, -0.15) is 4.98 Å². The van der Waals surface area contributed by atoms with Crippen LogP contribution in [0.4, 0.5) is 11.6 Å². The highest BCUT2D eigenvalue weighted by atomic mass is 35.5. The summed E-state index contributed by atoms with van der Waals surface area (Å²) < 4.78 is 5.47. The first-order chi connectivity index (χ1) is 9.31. The van der Waals surface area contributed by atoms with Crippen molar-refractivity contribution in [2.45, 2.75) is 19.2 Å². The van der Waals surface area contributed by atoms with Gasteiger partial charge in [-0.05, 0) is 24.1 Å². The summed E-state index contributed by atoms with van der Waals surface area (Å²) in [6.07, 6.45) is 2.62. The van der Waals surface area contributed by atoms with Crippen LogP contribution >= 0.6 is 11.6 Å². The number of rotatable bonds is 6. The number of ether oxygens (including phenoxy) is 1. The second-order valence-corrected chi connectivity index (χ2v) is 4.29. The number of halogens is 1. The summed E-state index contributed by atoms with van der Waals surface area (Å²) >= 11 is 5.81. The minimum Gasteiger partial charge on any atom is -0.478 e. The molecule has 0 aliphatic rings. The predicted octanol–water partition coefficient (Wildman–Crippen LogP) is 3.75. The maximum atomic E-state index is 5.81. The van der Waals surface area contributed by atoms with Crippen LogP contribution in [0.15, 0.2) is 36.5 Å². The zero-order chi connectivity index (χ0) is 13.5. The minimum absolute atomic E-state index is 0.482. The molecule has 0 fully saturated rings. The molecule has 1 aromatic heterocycles. The molecule has 19 heavy (non-hydrogen) atoms. The molecule has 0 aliphatic carbocycles. The van der Waals surface area contributed by atoms with E-state index in [2.05, 4.69) is 22.2 Å². The van der Waals surface area contributed by atoms with Gasteiger partial charge in [0.25, 0.3) is 0 Å². The number of hydrogen-bond acceptors (Lipinski definition) is 4. The maximum Gasteiger partial charge on any atom is 0.230 e. The molecular formula is C14H16ClN3O. The number of aromatic nitrogens is 2. The first-order valence-corrected chi connectivity index (χ1v) is 6.73. The third-order valence-electron chi connectivity index (χ3n) is 2.42. The van der Waals surface area contributed by atoms with Crippen LogP contribution in [0.5, 0.6) is 5.88 Å². The molecule has 0 unspecified atom stereocenters. The Bertz CT molecular complexity index is 534. The molecule has 0 amide bonds. The Labute approximate surface area is 117 Å². The lowest BCUT2D eigenvalue weighted by molar-refractivity contribution is 0.305. The highest BCUT2D eigenvalue weighted by Gasteiger charge is 2.01. The summed E-state index contributed by atoms with van der Waals surface area (Å²) in [6.45, 7) is 2.70. The molecule has 0 bridgehead atoms. The molecule has 0 spiro atoms. The molecule has 2 rings (SSSR count). The number of nitrogens with zero attached hydrogens (tertiary/aromatic N) is 2. The molecule has 0 radical (unpaired) electrons. The lowest BCUT2D eigenvalue weighted by Gasteiger charge is -2.08. The quantitative estimate of drug-likeness (QED) is 0.817. The van der Waals surface area contributed by atoms with Crippen LogP contribution in [0, 0.1) is 0 Å². The molecule has 1 aromatic carbocycles. The summed E-state index contributed by atoms with van der Waals surface area (Å²) in [6, 6.07) is 9.57. The number of nitrogens with one attached hydrogen (secondary N) is 1. The summed E-state index contributed by atoms with van der Waals surface area (Å²) in [5.74, 6) is 1.57. The Hall–Kier alpha value is -1.81. The average molecular weight is 278 g/mol. The summed E-state index contributed by atoms with van der Waals surface area (Å²) in [5, 5.41) is 3.13. The van der Waals surface area contributed by atoms with Gasteiger partial charge in [0.2, 0.25) is 11.8 Å². The molecule has 0 aliphatic heterocycles. The van der Waals surface area contributed by atoms with E-state index in [9.17, 15) is 0 Å². The van der Waals surface area contributed by atoms with E-state index in [1.807, 2.05) is 24.3 Å². The van der Waals surface area contributed by atoms with Crippen molar-refractivity contribution in [2.24, 2.45) is 0 Å². The van der Waals surface area contributed by atoms with Crippen LogP contribution in [0.3, 0.4) is 0 Å². The predicted molar refractivity (Wildman–Crippen MR) is 77.1 cm³/mol. The van der Waals surface area contributed by atoms with Crippen LogP contribution in [-0.2, 0) is 5.88 Å². The van der Waals surface area contributed by atoms with Crippen molar-refractivity contribution in [3.8, 4) is 5.88 Å². The number of benzene rings is 1. The van der Waals surface area contributed by atoms with E-state index in [0.29, 0.717) is 24.3 Å². The fourth-order valence-corrected chi connectivity index (χ4v) is 1.72. The number of anilines is 2. The smallest absolute Gasteiger partial charge is 0.230 e. The number of alkyl halides is 1. The van der Waals surface area contributed by atoms with Gasteiger partial charge in [0.05, 0.1) is 6.61 Å². The standard InChI is InChI=1S/C14H16ClN3O/c1-2-8-19-13-6-7-16-14(18-13)17-12-5-3-4-11(9-12)10-15/h3-7,9H,2,8,10H2,1H3,(H,16,17,18). The van der Waals surface area contributed by atoms with Crippen molar-refractivity contribution >= 4 is 23.2 Å². The average Bonchev–Trinajstić information content (AvgIpc) is 2.46. The highest BCUT2D eigenvalue weighted by Crippen LogP contribution is 2.17. The third-order valence-corrected chi connectivity index (χ3v) is 2.73. The third kappa shape index (κ3) is 4.10. The number of hydrogen-bond donors (Lipinski definition) is 1. The van der Waals surface area contributed by atoms with Gasteiger partial charge in [-0.25, -0.2) is 4.98 Å².